The number of nitrogens with zero attached hydrogens (tertiary/aromatic N) is 2. The highest BCUT2D eigenvalue weighted by molar-refractivity contribution is 7.93. The van der Waals surface area contributed by atoms with Crippen molar-refractivity contribution in [3.8, 4) is 0 Å². The first kappa shape index (κ1) is 22.6. The zero-order valence-corrected chi connectivity index (χ0v) is 18.7. The molecule has 31 heavy (non-hydrogen) atoms. The Balaban J connectivity index is 1.92. The monoisotopic (exact) mass is 442 g/mol. The van der Waals surface area contributed by atoms with Gasteiger partial charge in [-0.1, -0.05) is 38.1 Å². The summed E-state index contributed by atoms with van der Waals surface area (Å²) in [6.45, 7) is 2.15. The zero-order valence-electron chi connectivity index (χ0n) is 17.9. The predicted molar refractivity (Wildman–Crippen MR) is 122 cm³/mol. The van der Waals surface area contributed by atoms with Crippen LogP contribution >= 0.6 is 0 Å². The Bertz CT molecular complexity index is 1220. The first-order valence-electron chi connectivity index (χ1n) is 9.69. The summed E-state index contributed by atoms with van der Waals surface area (Å²) in [5.41, 5.74) is 0.383. The van der Waals surface area contributed by atoms with Gasteiger partial charge < -0.3 is 10.0 Å². The summed E-state index contributed by atoms with van der Waals surface area (Å²) < 4.78 is 41.7. The molecule has 0 aliphatic heterocycles. The molecule has 6 nitrogen and oxygen atoms in total. The summed E-state index contributed by atoms with van der Waals surface area (Å²) in [6, 6.07) is 16.7. The molecule has 0 radical (unpaired) electrons. The lowest BCUT2D eigenvalue weighted by molar-refractivity contribution is -0.229. The van der Waals surface area contributed by atoms with E-state index in [0.717, 1.165) is 11.1 Å². The number of fused-ring (bicyclic) bond motifs is 1. The third-order valence-corrected chi connectivity index (χ3v) is 6.33. The van der Waals surface area contributed by atoms with Gasteiger partial charge in [0.1, 0.15) is 0 Å². The molecule has 164 valence electrons. The minimum absolute atomic E-state index is 0.169. The van der Waals surface area contributed by atoms with E-state index in [2.05, 4.69) is 9.71 Å². The minimum atomic E-state index is -3.86. The van der Waals surface area contributed by atoms with Crippen molar-refractivity contribution in [2.75, 3.05) is 30.4 Å². The van der Waals surface area contributed by atoms with Crippen LogP contribution in [-0.4, -0.2) is 35.1 Å². The van der Waals surface area contributed by atoms with Crippen molar-refractivity contribution in [1.82, 2.24) is 0 Å². The standard InChI is InChI=1S/C23H26FN3O3S/c1-23(2,15-24)22(28)25-16-11-13-17(14-12-16)26-31(29,30)21-10-6-7-18-19(21)8-5-9-20(18)27(3)4/h5-14,26H,15H2,1-4H3,(H,25,28)/p-1. The number of aliphatic imine (C=N–C) groups is 1. The van der Waals surface area contributed by atoms with Gasteiger partial charge in [-0.15, -0.1) is 0 Å². The van der Waals surface area contributed by atoms with Crippen LogP contribution in [-0.2, 0) is 10.0 Å². The van der Waals surface area contributed by atoms with Gasteiger partial charge in [-0.25, -0.2) is 8.42 Å². The number of rotatable bonds is 7. The lowest BCUT2D eigenvalue weighted by atomic mass is 9.95. The molecule has 0 fully saturated rings. The largest absolute Gasteiger partial charge is 0.861 e. The Labute approximate surface area is 182 Å². The number of benzene rings is 3. The summed E-state index contributed by atoms with van der Waals surface area (Å²) >= 11 is 0. The van der Waals surface area contributed by atoms with Crippen LogP contribution in [0.2, 0.25) is 0 Å². The van der Waals surface area contributed by atoms with E-state index in [1.165, 1.54) is 38.1 Å². The van der Waals surface area contributed by atoms with Crippen molar-refractivity contribution in [2.24, 2.45) is 10.4 Å². The van der Waals surface area contributed by atoms with Gasteiger partial charge in [0.05, 0.1) is 17.3 Å². The van der Waals surface area contributed by atoms with Gasteiger partial charge in [-0.05, 0) is 42.3 Å². The van der Waals surface area contributed by atoms with Gasteiger partial charge in [0, 0.05) is 41.7 Å². The Kier molecular flexibility index (Phi) is 6.22. The Morgan fingerprint density at radius 3 is 2.26 bits per heavy atom. The second-order valence-electron chi connectivity index (χ2n) is 8.11. The Morgan fingerprint density at radius 1 is 1.03 bits per heavy atom. The summed E-state index contributed by atoms with van der Waals surface area (Å²) in [5, 5.41) is 13.5. The van der Waals surface area contributed by atoms with Gasteiger partial charge >= 0.3 is 0 Å². The number of halogens is 1. The number of sulfonamides is 1. The van der Waals surface area contributed by atoms with Crippen molar-refractivity contribution in [3.63, 3.8) is 0 Å². The van der Waals surface area contributed by atoms with Crippen LogP contribution in [0, 0.1) is 5.41 Å². The molecule has 0 aromatic heterocycles. The molecule has 0 unspecified atom stereocenters. The average molecular weight is 443 g/mol. The Hall–Kier alpha value is -3.13. The smallest absolute Gasteiger partial charge is 0.262 e. The molecule has 0 heterocycles. The number of hydrogen-bond acceptors (Lipinski definition) is 5. The highest BCUT2D eigenvalue weighted by Gasteiger charge is 2.19. The number of nitrogens with one attached hydrogen (secondary N) is 1. The molecule has 0 atom stereocenters. The third-order valence-electron chi connectivity index (χ3n) is 4.89. The van der Waals surface area contributed by atoms with E-state index < -0.39 is 28.0 Å². The molecule has 0 spiro atoms. The second-order valence-corrected chi connectivity index (χ2v) is 9.76. The van der Waals surface area contributed by atoms with Gasteiger partial charge in [0.15, 0.2) is 0 Å². The summed E-state index contributed by atoms with van der Waals surface area (Å²) in [5.74, 6) is -0.573. The van der Waals surface area contributed by atoms with Gasteiger partial charge in [-0.2, -0.15) is 0 Å². The third kappa shape index (κ3) is 4.80. The van der Waals surface area contributed by atoms with Crippen molar-refractivity contribution in [1.29, 1.82) is 0 Å². The maximum Gasteiger partial charge on any atom is 0.262 e. The molecule has 0 bridgehead atoms. The van der Waals surface area contributed by atoms with Crippen LogP contribution in [0.3, 0.4) is 0 Å². The fourth-order valence-corrected chi connectivity index (χ4v) is 4.31. The highest BCUT2D eigenvalue weighted by atomic mass is 32.2. The van der Waals surface area contributed by atoms with E-state index in [1.807, 2.05) is 37.2 Å². The molecule has 0 aliphatic rings. The fourth-order valence-electron chi connectivity index (χ4n) is 3.03. The first-order valence-corrected chi connectivity index (χ1v) is 11.2. The van der Waals surface area contributed by atoms with E-state index in [9.17, 15) is 17.9 Å². The second kappa shape index (κ2) is 8.55. The summed E-state index contributed by atoms with van der Waals surface area (Å²) in [4.78, 5) is 6.00. The molecule has 0 amide bonds. The molecular weight excluding hydrogens is 417 g/mol. The average Bonchev–Trinajstić information content (AvgIpc) is 2.73. The highest BCUT2D eigenvalue weighted by Crippen LogP contribution is 2.31. The van der Waals surface area contributed by atoms with Crippen LogP contribution < -0.4 is 14.7 Å². The molecule has 3 rings (SSSR count). The van der Waals surface area contributed by atoms with E-state index in [4.69, 9.17) is 0 Å². The fraction of sp³-hybridized carbons (Fsp3) is 0.261. The number of alkyl halides is 1. The lowest BCUT2D eigenvalue weighted by Gasteiger charge is -2.27. The van der Waals surface area contributed by atoms with Crippen LogP contribution in [0.25, 0.3) is 10.8 Å². The molecule has 0 saturated carbocycles. The van der Waals surface area contributed by atoms with Gasteiger partial charge in [0.25, 0.3) is 10.0 Å². The molecular formula is C23H25FN3O3S-. The van der Waals surface area contributed by atoms with E-state index in [-0.39, 0.29) is 4.90 Å². The molecule has 0 aliphatic carbocycles. The van der Waals surface area contributed by atoms with Crippen molar-refractivity contribution < 1.29 is 17.9 Å². The maximum absolute atomic E-state index is 13.1. The molecule has 0 saturated heterocycles. The van der Waals surface area contributed by atoms with E-state index >= 15 is 0 Å². The van der Waals surface area contributed by atoms with Crippen LogP contribution in [0.5, 0.6) is 0 Å². The molecule has 3 aromatic carbocycles. The van der Waals surface area contributed by atoms with Crippen molar-refractivity contribution >= 4 is 43.8 Å². The SMILES string of the molecule is CN(C)c1cccc2c(S(=O)(=O)Nc3ccc(N=C([O-])C(C)(C)CF)cc3)cccc12. The van der Waals surface area contributed by atoms with E-state index in [1.54, 1.807) is 18.2 Å². The predicted octanol–water partition coefficient (Wildman–Crippen LogP) is 4.09. The quantitative estimate of drug-likeness (QED) is 0.441. The van der Waals surface area contributed by atoms with Crippen LogP contribution in [0.1, 0.15) is 13.8 Å². The van der Waals surface area contributed by atoms with E-state index in [0.29, 0.717) is 16.8 Å². The topological polar surface area (TPSA) is 84.8 Å². The normalized spacial score (nSPS) is 12.7. The van der Waals surface area contributed by atoms with Crippen molar-refractivity contribution in [2.45, 2.75) is 18.7 Å². The number of anilines is 2. The zero-order chi connectivity index (χ0) is 22.8. The van der Waals surface area contributed by atoms with Crippen LogP contribution in [0.15, 0.2) is 70.6 Å². The first-order chi connectivity index (χ1) is 14.5. The molecule has 8 heteroatoms. The van der Waals surface area contributed by atoms with Crippen molar-refractivity contribution in [3.05, 3.63) is 60.7 Å². The summed E-state index contributed by atoms with van der Waals surface area (Å²) in [6.07, 6.45) is 0. The minimum Gasteiger partial charge on any atom is -0.861 e. The van der Waals surface area contributed by atoms with Gasteiger partial charge in [-0.3, -0.25) is 14.1 Å². The number of hydrogen-bond donors (Lipinski definition) is 1. The maximum atomic E-state index is 13.1. The van der Waals surface area contributed by atoms with Crippen LogP contribution in [0.4, 0.5) is 21.5 Å². The molecule has 3 aromatic rings. The molecule has 1 N–H and O–H groups in total. The van der Waals surface area contributed by atoms with Gasteiger partial charge in [0.2, 0.25) is 0 Å². The lowest BCUT2D eigenvalue weighted by Crippen LogP contribution is -2.36. The Morgan fingerprint density at radius 2 is 1.65 bits per heavy atom. The summed E-state index contributed by atoms with van der Waals surface area (Å²) in [7, 11) is -0.0551.